The second-order valence-electron chi connectivity index (χ2n) is 11.0. The summed E-state index contributed by atoms with van der Waals surface area (Å²) in [5, 5.41) is 17.4. The van der Waals surface area contributed by atoms with E-state index in [0.717, 1.165) is 42.3 Å². The molecule has 4 N–H and O–H groups in total. The number of nitrogens with zero attached hydrogens (tertiary/aromatic N) is 2. The molecular formula is C34H39Cl2N5O5S. The fraction of sp³-hybridized carbons (Fsp3) is 0.265. The molecule has 47 heavy (non-hydrogen) atoms. The molecule has 1 aliphatic rings. The van der Waals surface area contributed by atoms with E-state index in [1.165, 1.54) is 28.6 Å². The van der Waals surface area contributed by atoms with Gasteiger partial charge in [0.15, 0.2) is 0 Å². The van der Waals surface area contributed by atoms with Gasteiger partial charge in [-0.2, -0.15) is 0 Å². The number of halogens is 2. The number of ether oxygens (including phenoxy) is 2. The Morgan fingerprint density at radius 1 is 0.915 bits per heavy atom. The number of sulfonamides is 1. The van der Waals surface area contributed by atoms with Gasteiger partial charge in [-0.15, -0.1) is 24.8 Å². The van der Waals surface area contributed by atoms with E-state index in [1.807, 2.05) is 35.2 Å². The lowest BCUT2D eigenvalue weighted by Gasteiger charge is -2.33. The maximum Gasteiger partial charge on any atom is 0.338 e. The van der Waals surface area contributed by atoms with Crippen LogP contribution in [0.2, 0.25) is 0 Å². The number of carbonyl (C=O) groups is 1. The molecule has 0 bridgehead atoms. The van der Waals surface area contributed by atoms with Gasteiger partial charge in [-0.1, -0.05) is 30.3 Å². The number of likely N-dealkylation sites (tertiary alicyclic amines) is 1. The molecule has 0 atom stereocenters. The number of hydrogen-bond donors (Lipinski definition) is 3. The highest BCUT2D eigenvalue weighted by Crippen LogP contribution is 2.30. The third-order valence-corrected chi connectivity index (χ3v) is 9.59. The number of fused-ring (bicyclic) bond motifs is 1. The van der Waals surface area contributed by atoms with Crippen molar-refractivity contribution in [3.63, 3.8) is 0 Å². The molecule has 1 fully saturated rings. The fourth-order valence-electron chi connectivity index (χ4n) is 5.36. The van der Waals surface area contributed by atoms with Crippen LogP contribution in [-0.2, 0) is 21.3 Å². The molecule has 0 spiro atoms. The van der Waals surface area contributed by atoms with E-state index in [1.54, 1.807) is 44.2 Å². The molecule has 4 aromatic carbocycles. The average Bonchev–Trinajstić information content (AvgIpc) is 3.04. The lowest BCUT2D eigenvalue weighted by Crippen LogP contribution is -2.40. The molecule has 1 heterocycles. The summed E-state index contributed by atoms with van der Waals surface area (Å²) in [6.07, 6.45) is 1.60. The van der Waals surface area contributed by atoms with Crippen LogP contribution in [0.15, 0.2) is 89.8 Å². The van der Waals surface area contributed by atoms with Gasteiger partial charge >= 0.3 is 5.97 Å². The SMILES string of the molecule is CCOC(=O)c1cccc(S(=O)(=O)N(Cc2ccc3ccc(C(=N)N)cc3c2)c2ccc(OC3CCN(C(C)=N)CC3)cc2)c1.Cl.Cl. The van der Waals surface area contributed by atoms with Crippen molar-refractivity contribution < 1.29 is 22.7 Å². The summed E-state index contributed by atoms with van der Waals surface area (Å²) in [5.74, 6) is 0.538. The molecule has 0 aromatic heterocycles. The number of hydrogen-bond acceptors (Lipinski definition) is 7. The van der Waals surface area contributed by atoms with Gasteiger partial charge < -0.3 is 20.1 Å². The van der Waals surface area contributed by atoms with Crippen molar-refractivity contribution in [3.8, 4) is 5.75 Å². The summed E-state index contributed by atoms with van der Waals surface area (Å²) in [6, 6.07) is 23.9. The molecule has 250 valence electrons. The van der Waals surface area contributed by atoms with Crippen molar-refractivity contribution in [3.05, 3.63) is 102 Å². The van der Waals surface area contributed by atoms with E-state index >= 15 is 0 Å². The van der Waals surface area contributed by atoms with E-state index in [0.29, 0.717) is 22.8 Å². The number of nitrogens with one attached hydrogen (secondary N) is 2. The third-order valence-electron chi connectivity index (χ3n) is 7.82. The monoisotopic (exact) mass is 699 g/mol. The highest BCUT2D eigenvalue weighted by atomic mass is 35.5. The van der Waals surface area contributed by atoms with Crippen molar-refractivity contribution in [2.75, 3.05) is 24.0 Å². The molecule has 1 aliphatic heterocycles. The number of nitrogens with two attached hydrogens (primary N) is 1. The van der Waals surface area contributed by atoms with Crippen LogP contribution in [0.3, 0.4) is 0 Å². The number of amidine groups is 2. The zero-order valence-electron chi connectivity index (χ0n) is 26.1. The van der Waals surface area contributed by atoms with E-state index in [2.05, 4.69) is 0 Å². The predicted octanol–water partition coefficient (Wildman–Crippen LogP) is 6.38. The first-order chi connectivity index (χ1) is 21.5. The minimum Gasteiger partial charge on any atom is -0.490 e. The van der Waals surface area contributed by atoms with Gasteiger partial charge in [0.25, 0.3) is 10.0 Å². The molecule has 10 nitrogen and oxygen atoms in total. The zero-order valence-corrected chi connectivity index (χ0v) is 28.6. The van der Waals surface area contributed by atoms with Crippen molar-refractivity contribution in [2.24, 2.45) is 5.73 Å². The maximum absolute atomic E-state index is 14.2. The van der Waals surface area contributed by atoms with Crippen LogP contribution in [0.4, 0.5) is 5.69 Å². The van der Waals surface area contributed by atoms with E-state index < -0.39 is 16.0 Å². The Morgan fingerprint density at radius 2 is 1.60 bits per heavy atom. The number of rotatable bonds is 10. The maximum atomic E-state index is 14.2. The topological polar surface area (TPSA) is 150 Å². The number of esters is 1. The molecule has 0 aliphatic carbocycles. The lowest BCUT2D eigenvalue weighted by molar-refractivity contribution is 0.0526. The normalized spacial score (nSPS) is 13.2. The number of piperidine rings is 1. The second kappa shape index (κ2) is 16.0. The second-order valence-corrected chi connectivity index (χ2v) is 12.8. The number of anilines is 1. The Kier molecular flexibility index (Phi) is 12.6. The summed E-state index contributed by atoms with van der Waals surface area (Å²) >= 11 is 0. The highest BCUT2D eigenvalue weighted by Gasteiger charge is 2.27. The van der Waals surface area contributed by atoms with Crippen LogP contribution < -0.4 is 14.8 Å². The first-order valence-electron chi connectivity index (χ1n) is 14.8. The van der Waals surface area contributed by atoms with Crippen molar-refractivity contribution in [2.45, 2.75) is 44.2 Å². The van der Waals surface area contributed by atoms with Crippen LogP contribution >= 0.6 is 24.8 Å². The fourth-order valence-corrected chi connectivity index (χ4v) is 6.86. The number of nitrogen functional groups attached to an aromatic ring is 1. The number of carbonyl (C=O) groups excluding carboxylic acids is 1. The molecule has 4 aromatic rings. The van der Waals surface area contributed by atoms with Crippen LogP contribution in [0.25, 0.3) is 10.8 Å². The molecule has 13 heteroatoms. The molecule has 0 radical (unpaired) electrons. The van der Waals surface area contributed by atoms with E-state index in [-0.39, 0.29) is 60.4 Å². The van der Waals surface area contributed by atoms with Gasteiger partial charge in [-0.05, 0) is 84.8 Å². The van der Waals surface area contributed by atoms with Crippen LogP contribution in [0, 0.1) is 10.8 Å². The molecule has 5 rings (SSSR count). The highest BCUT2D eigenvalue weighted by molar-refractivity contribution is 7.92. The Labute approximate surface area is 287 Å². The molecule has 1 saturated heterocycles. The Balaban J connectivity index is 0.00000300. The van der Waals surface area contributed by atoms with Gasteiger partial charge in [-0.25, -0.2) is 13.2 Å². The summed E-state index contributed by atoms with van der Waals surface area (Å²) in [6.45, 7) is 5.17. The van der Waals surface area contributed by atoms with E-state index in [9.17, 15) is 13.2 Å². The summed E-state index contributed by atoms with van der Waals surface area (Å²) in [5.41, 5.74) is 7.58. The van der Waals surface area contributed by atoms with Gasteiger partial charge in [0, 0.05) is 31.5 Å². The predicted molar refractivity (Wildman–Crippen MR) is 190 cm³/mol. The largest absolute Gasteiger partial charge is 0.490 e. The van der Waals surface area contributed by atoms with Crippen LogP contribution in [-0.4, -0.2) is 56.8 Å². The first kappa shape index (κ1) is 37.1. The third kappa shape index (κ3) is 8.73. The van der Waals surface area contributed by atoms with Gasteiger partial charge in [0.2, 0.25) is 0 Å². The summed E-state index contributed by atoms with van der Waals surface area (Å²) < 4.78 is 41.1. The quantitative estimate of drug-likeness (QED) is 0.0988. The minimum atomic E-state index is -4.15. The van der Waals surface area contributed by atoms with Crippen molar-refractivity contribution in [1.82, 2.24) is 4.90 Å². The average molecular weight is 701 g/mol. The standard InChI is InChI=1S/C34H37N5O5S.2ClH/c1-3-43-34(40)27-5-4-6-32(21-27)45(41,42)39(22-24-7-8-25-9-10-26(33(36)37)20-28(25)19-24)29-11-13-30(14-12-29)44-31-15-17-38(18-16-31)23(2)35;;/h4-14,19-21,31,35H,3,15-18,22H2,1-2H3,(H3,36,37);2*1H. The smallest absolute Gasteiger partial charge is 0.338 e. The molecule has 0 saturated carbocycles. The summed E-state index contributed by atoms with van der Waals surface area (Å²) in [4.78, 5) is 14.4. The van der Waals surface area contributed by atoms with Gasteiger partial charge in [0.05, 0.1) is 35.1 Å². The van der Waals surface area contributed by atoms with Crippen LogP contribution in [0.5, 0.6) is 5.75 Å². The molecule has 0 unspecified atom stereocenters. The first-order valence-corrected chi connectivity index (χ1v) is 16.2. The number of benzene rings is 4. The Hall–Kier alpha value is -4.32. The van der Waals surface area contributed by atoms with E-state index in [4.69, 9.17) is 26.0 Å². The molecular weight excluding hydrogens is 661 g/mol. The van der Waals surface area contributed by atoms with Crippen molar-refractivity contribution in [1.29, 1.82) is 10.8 Å². The summed E-state index contributed by atoms with van der Waals surface area (Å²) in [7, 11) is -4.15. The van der Waals surface area contributed by atoms with Gasteiger partial charge in [0.1, 0.15) is 17.7 Å². The lowest BCUT2D eigenvalue weighted by atomic mass is 10.0. The zero-order chi connectivity index (χ0) is 32.1. The van der Waals surface area contributed by atoms with Crippen LogP contribution in [0.1, 0.15) is 48.2 Å². The Bertz CT molecular complexity index is 1850. The van der Waals surface area contributed by atoms with Crippen molar-refractivity contribution >= 4 is 68.9 Å². The minimum absolute atomic E-state index is 0. The molecule has 0 amide bonds. The Morgan fingerprint density at radius 3 is 2.23 bits per heavy atom. The van der Waals surface area contributed by atoms with Gasteiger partial charge in [-0.3, -0.25) is 15.1 Å².